The number of carbonyl (C=O) groups is 1. The maximum atomic E-state index is 12.0. The number of hydrogen-bond donors (Lipinski definition) is 0. The maximum absolute atomic E-state index is 12.0. The molecule has 1 fully saturated rings. The molecule has 0 radical (unpaired) electrons. The summed E-state index contributed by atoms with van der Waals surface area (Å²) in [7, 11) is 1.97. The summed E-state index contributed by atoms with van der Waals surface area (Å²) in [6.45, 7) is 9.64. The molecule has 6 heteroatoms. The smallest absolute Gasteiger partial charge is 0.410 e. The van der Waals surface area contributed by atoms with Gasteiger partial charge < -0.3 is 14.2 Å². The van der Waals surface area contributed by atoms with E-state index in [9.17, 15) is 4.79 Å². The number of aryl methyl sites for hydroxylation is 1. The van der Waals surface area contributed by atoms with Crippen molar-refractivity contribution in [3.05, 3.63) is 18.2 Å². The van der Waals surface area contributed by atoms with Gasteiger partial charge in [0.2, 0.25) is 0 Å². The molecule has 1 saturated heterocycles. The monoisotopic (exact) mass is 280 g/mol. The van der Waals surface area contributed by atoms with Gasteiger partial charge >= 0.3 is 6.09 Å². The minimum atomic E-state index is -0.428. The average molecular weight is 280 g/mol. The normalized spacial score (nSPS) is 17.3. The van der Waals surface area contributed by atoms with Gasteiger partial charge in [0.25, 0.3) is 0 Å². The van der Waals surface area contributed by atoms with Gasteiger partial charge in [-0.25, -0.2) is 9.78 Å². The summed E-state index contributed by atoms with van der Waals surface area (Å²) < 4.78 is 7.34. The number of imidazole rings is 1. The second-order valence-electron chi connectivity index (χ2n) is 6.27. The molecule has 2 rings (SSSR count). The molecule has 1 amide bonds. The van der Waals surface area contributed by atoms with E-state index in [-0.39, 0.29) is 6.09 Å². The molecule has 1 aromatic heterocycles. The zero-order valence-corrected chi connectivity index (χ0v) is 12.8. The molecule has 0 unspecified atom stereocenters. The van der Waals surface area contributed by atoms with E-state index in [1.807, 2.05) is 44.9 Å². The molecule has 1 aromatic rings. The first-order chi connectivity index (χ1) is 9.33. The zero-order valence-electron chi connectivity index (χ0n) is 12.8. The van der Waals surface area contributed by atoms with Crippen molar-refractivity contribution < 1.29 is 9.53 Å². The quantitative estimate of drug-likeness (QED) is 0.823. The Bertz CT molecular complexity index is 456. The molecule has 0 saturated carbocycles. The van der Waals surface area contributed by atoms with E-state index in [2.05, 4.69) is 9.88 Å². The Balaban J connectivity index is 1.79. The number of ether oxygens (including phenoxy) is 1. The summed E-state index contributed by atoms with van der Waals surface area (Å²) in [4.78, 5) is 20.4. The van der Waals surface area contributed by atoms with E-state index in [1.165, 1.54) is 0 Å². The van der Waals surface area contributed by atoms with E-state index in [0.29, 0.717) is 13.1 Å². The van der Waals surface area contributed by atoms with Crippen LogP contribution in [0.4, 0.5) is 4.79 Å². The third kappa shape index (κ3) is 4.23. The van der Waals surface area contributed by atoms with Crippen LogP contribution in [-0.4, -0.2) is 57.2 Å². The van der Waals surface area contributed by atoms with E-state index < -0.39 is 5.60 Å². The van der Waals surface area contributed by atoms with Crippen LogP contribution in [0.3, 0.4) is 0 Å². The molecule has 1 aliphatic rings. The molecule has 20 heavy (non-hydrogen) atoms. The summed E-state index contributed by atoms with van der Waals surface area (Å²) in [6.07, 6.45) is 3.63. The largest absolute Gasteiger partial charge is 0.444 e. The van der Waals surface area contributed by atoms with Crippen molar-refractivity contribution in [1.82, 2.24) is 19.4 Å². The molecule has 0 atom stereocenters. The number of nitrogens with zero attached hydrogens (tertiary/aromatic N) is 4. The predicted molar refractivity (Wildman–Crippen MR) is 76.3 cm³/mol. The predicted octanol–water partition coefficient (Wildman–Crippen LogP) is 1.47. The Kier molecular flexibility index (Phi) is 4.32. The standard InChI is InChI=1S/C14H24N4O2/c1-14(2,3)20-13(19)18-7-5-17(6-8-18)10-12-9-16(4)11-15-12/h9,11H,5-8,10H2,1-4H3. The lowest BCUT2D eigenvalue weighted by Crippen LogP contribution is -2.49. The molecule has 0 spiro atoms. The Labute approximate surface area is 120 Å². The van der Waals surface area contributed by atoms with Crippen molar-refractivity contribution in [2.45, 2.75) is 32.9 Å². The molecule has 0 aromatic carbocycles. The zero-order chi connectivity index (χ0) is 14.8. The third-order valence-corrected chi connectivity index (χ3v) is 3.17. The Morgan fingerprint density at radius 3 is 2.45 bits per heavy atom. The van der Waals surface area contributed by atoms with Crippen molar-refractivity contribution >= 4 is 6.09 Å². The van der Waals surface area contributed by atoms with Crippen molar-refractivity contribution in [1.29, 1.82) is 0 Å². The number of amides is 1. The number of aromatic nitrogens is 2. The summed E-state index contributed by atoms with van der Waals surface area (Å²) in [5.74, 6) is 0. The van der Waals surface area contributed by atoms with Crippen LogP contribution in [0.25, 0.3) is 0 Å². The molecular weight excluding hydrogens is 256 g/mol. The van der Waals surface area contributed by atoms with Gasteiger partial charge in [-0.05, 0) is 20.8 Å². The molecule has 0 aliphatic carbocycles. The molecule has 2 heterocycles. The van der Waals surface area contributed by atoms with Crippen LogP contribution >= 0.6 is 0 Å². The van der Waals surface area contributed by atoms with E-state index in [0.717, 1.165) is 25.3 Å². The van der Waals surface area contributed by atoms with Crippen LogP contribution in [0, 0.1) is 0 Å². The lowest BCUT2D eigenvalue weighted by molar-refractivity contribution is 0.0138. The number of piperazine rings is 1. The lowest BCUT2D eigenvalue weighted by atomic mass is 10.2. The summed E-state index contributed by atoms with van der Waals surface area (Å²) in [6, 6.07) is 0. The van der Waals surface area contributed by atoms with Gasteiger partial charge in [-0.15, -0.1) is 0 Å². The summed E-state index contributed by atoms with van der Waals surface area (Å²) in [5, 5.41) is 0. The number of carbonyl (C=O) groups excluding carboxylic acids is 1. The fourth-order valence-corrected chi connectivity index (χ4v) is 2.19. The molecule has 6 nitrogen and oxygen atoms in total. The molecule has 0 N–H and O–H groups in total. The van der Waals surface area contributed by atoms with Crippen LogP contribution < -0.4 is 0 Å². The summed E-state index contributed by atoms with van der Waals surface area (Å²) >= 11 is 0. The van der Waals surface area contributed by atoms with Gasteiger partial charge in [0.1, 0.15) is 5.60 Å². The van der Waals surface area contributed by atoms with Gasteiger partial charge in [0.05, 0.1) is 12.0 Å². The van der Waals surface area contributed by atoms with Gasteiger partial charge in [-0.3, -0.25) is 4.90 Å². The topological polar surface area (TPSA) is 50.6 Å². The lowest BCUT2D eigenvalue weighted by Gasteiger charge is -2.35. The third-order valence-electron chi connectivity index (χ3n) is 3.17. The van der Waals surface area contributed by atoms with Crippen LogP contribution in [0.1, 0.15) is 26.5 Å². The fourth-order valence-electron chi connectivity index (χ4n) is 2.19. The minimum absolute atomic E-state index is 0.213. The van der Waals surface area contributed by atoms with Crippen molar-refractivity contribution in [2.24, 2.45) is 7.05 Å². The number of rotatable bonds is 2. The molecule has 0 bridgehead atoms. The highest BCUT2D eigenvalue weighted by Gasteiger charge is 2.25. The Morgan fingerprint density at radius 2 is 1.95 bits per heavy atom. The molecule has 112 valence electrons. The first kappa shape index (κ1) is 14.8. The molecular formula is C14H24N4O2. The Morgan fingerprint density at radius 1 is 1.30 bits per heavy atom. The van der Waals surface area contributed by atoms with Gasteiger partial charge in [0, 0.05) is 46.0 Å². The van der Waals surface area contributed by atoms with Gasteiger partial charge in [0.15, 0.2) is 0 Å². The highest BCUT2D eigenvalue weighted by molar-refractivity contribution is 5.68. The maximum Gasteiger partial charge on any atom is 0.410 e. The van der Waals surface area contributed by atoms with E-state index in [4.69, 9.17) is 4.74 Å². The van der Waals surface area contributed by atoms with Crippen molar-refractivity contribution in [2.75, 3.05) is 26.2 Å². The number of hydrogen-bond acceptors (Lipinski definition) is 4. The van der Waals surface area contributed by atoms with Crippen LogP contribution in [-0.2, 0) is 18.3 Å². The highest BCUT2D eigenvalue weighted by Crippen LogP contribution is 2.12. The Hall–Kier alpha value is -1.56. The van der Waals surface area contributed by atoms with E-state index >= 15 is 0 Å². The van der Waals surface area contributed by atoms with E-state index in [1.54, 1.807) is 4.90 Å². The highest BCUT2D eigenvalue weighted by atomic mass is 16.6. The average Bonchev–Trinajstić information content (AvgIpc) is 2.73. The van der Waals surface area contributed by atoms with Crippen LogP contribution in [0.15, 0.2) is 12.5 Å². The first-order valence-electron chi connectivity index (χ1n) is 7.00. The fraction of sp³-hybridized carbons (Fsp3) is 0.714. The molecule has 1 aliphatic heterocycles. The van der Waals surface area contributed by atoms with Gasteiger partial charge in [-0.1, -0.05) is 0 Å². The summed E-state index contributed by atoms with van der Waals surface area (Å²) in [5.41, 5.74) is 0.639. The second-order valence-corrected chi connectivity index (χ2v) is 6.27. The second kappa shape index (κ2) is 5.83. The first-order valence-corrected chi connectivity index (χ1v) is 7.00. The van der Waals surface area contributed by atoms with Crippen LogP contribution in [0.5, 0.6) is 0 Å². The van der Waals surface area contributed by atoms with Gasteiger partial charge in [-0.2, -0.15) is 0 Å². The van der Waals surface area contributed by atoms with Crippen molar-refractivity contribution in [3.63, 3.8) is 0 Å². The van der Waals surface area contributed by atoms with Crippen LogP contribution in [0.2, 0.25) is 0 Å². The minimum Gasteiger partial charge on any atom is -0.444 e. The SMILES string of the molecule is Cn1cnc(CN2CCN(C(=O)OC(C)(C)C)CC2)c1. The van der Waals surface area contributed by atoms with Crippen molar-refractivity contribution in [3.8, 4) is 0 Å².